The van der Waals surface area contributed by atoms with Crippen LogP contribution in [0, 0.1) is 0 Å². The van der Waals surface area contributed by atoms with Crippen LogP contribution >= 0.6 is 0 Å². The SMILES string of the molecule is CNC1(C)CCN(CC(=O)NC(=O)c2ccc[nH]2)CC1. The summed E-state index contributed by atoms with van der Waals surface area (Å²) < 4.78 is 0. The minimum atomic E-state index is -0.378. The predicted molar refractivity (Wildman–Crippen MR) is 76.4 cm³/mol. The largest absolute Gasteiger partial charge is 0.357 e. The fourth-order valence-electron chi connectivity index (χ4n) is 2.36. The second kappa shape index (κ2) is 6.19. The van der Waals surface area contributed by atoms with Crippen LogP contribution in [0.25, 0.3) is 0 Å². The minimum absolute atomic E-state index is 0.160. The van der Waals surface area contributed by atoms with Crippen LogP contribution in [0.1, 0.15) is 30.3 Å². The predicted octanol–water partition coefficient (Wildman–Crippen LogP) is 0.345. The molecule has 1 saturated heterocycles. The van der Waals surface area contributed by atoms with Gasteiger partial charge >= 0.3 is 0 Å². The third-order valence-corrected chi connectivity index (χ3v) is 4.03. The van der Waals surface area contributed by atoms with Crippen molar-refractivity contribution in [3.8, 4) is 0 Å². The summed E-state index contributed by atoms with van der Waals surface area (Å²) in [5.41, 5.74) is 0.562. The Morgan fingerprint density at radius 1 is 1.40 bits per heavy atom. The van der Waals surface area contributed by atoms with E-state index in [1.165, 1.54) is 0 Å². The van der Waals surface area contributed by atoms with Gasteiger partial charge in [0.25, 0.3) is 5.91 Å². The maximum absolute atomic E-state index is 11.8. The molecular formula is C14H22N4O2. The van der Waals surface area contributed by atoms with E-state index in [0.717, 1.165) is 25.9 Å². The van der Waals surface area contributed by atoms with Crippen LogP contribution < -0.4 is 10.6 Å². The minimum Gasteiger partial charge on any atom is -0.357 e. The van der Waals surface area contributed by atoms with E-state index in [1.54, 1.807) is 18.3 Å². The molecule has 1 aliphatic heterocycles. The lowest BCUT2D eigenvalue weighted by molar-refractivity contribution is -0.121. The van der Waals surface area contributed by atoms with Gasteiger partial charge in [0.15, 0.2) is 0 Å². The van der Waals surface area contributed by atoms with Gasteiger partial charge in [0.2, 0.25) is 5.91 Å². The number of carbonyl (C=O) groups is 2. The third-order valence-electron chi connectivity index (χ3n) is 4.03. The van der Waals surface area contributed by atoms with Gasteiger partial charge < -0.3 is 10.3 Å². The van der Waals surface area contributed by atoms with Crippen LogP contribution in [0.3, 0.4) is 0 Å². The number of nitrogens with one attached hydrogen (secondary N) is 3. The Bertz CT molecular complexity index is 462. The zero-order chi connectivity index (χ0) is 14.6. The normalized spacial score (nSPS) is 18.7. The number of piperidine rings is 1. The van der Waals surface area contributed by atoms with Gasteiger partial charge in [0.05, 0.1) is 6.54 Å². The summed E-state index contributed by atoms with van der Waals surface area (Å²) in [5, 5.41) is 5.72. The molecule has 0 unspecified atom stereocenters. The summed E-state index contributed by atoms with van der Waals surface area (Å²) in [6.45, 7) is 4.19. The molecule has 0 saturated carbocycles. The molecule has 110 valence electrons. The first-order chi connectivity index (χ1) is 9.52. The maximum Gasteiger partial charge on any atom is 0.274 e. The van der Waals surface area contributed by atoms with Gasteiger partial charge in [0.1, 0.15) is 5.69 Å². The Morgan fingerprint density at radius 2 is 2.10 bits per heavy atom. The fraction of sp³-hybridized carbons (Fsp3) is 0.571. The van der Waals surface area contributed by atoms with E-state index in [2.05, 4.69) is 27.4 Å². The fourth-order valence-corrected chi connectivity index (χ4v) is 2.36. The highest BCUT2D eigenvalue weighted by Gasteiger charge is 2.29. The number of rotatable bonds is 4. The van der Waals surface area contributed by atoms with Crippen molar-refractivity contribution in [2.45, 2.75) is 25.3 Å². The number of aromatic amines is 1. The van der Waals surface area contributed by atoms with Crippen LogP contribution in [-0.2, 0) is 4.79 Å². The average molecular weight is 278 g/mol. The van der Waals surface area contributed by atoms with Crippen LogP contribution in [-0.4, -0.2) is 53.9 Å². The van der Waals surface area contributed by atoms with E-state index < -0.39 is 0 Å². The van der Waals surface area contributed by atoms with Crippen molar-refractivity contribution >= 4 is 11.8 Å². The number of carbonyl (C=O) groups excluding carboxylic acids is 2. The van der Waals surface area contributed by atoms with E-state index in [9.17, 15) is 9.59 Å². The van der Waals surface area contributed by atoms with Crippen molar-refractivity contribution in [3.63, 3.8) is 0 Å². The number of nitrogens with zero attached hydrogens (tertiary/aromatic N) is 1. The van der Waals surface area contributed by atoms with Crippen LogP contribution in [0.5, 0.6) is 0 Å². The molecule has 1 aromatic rings. The quantitative estimate of drug-likeness (QED) is 0.742. The number of amides is 2. The zero-order valence-corrected chi connectivity index (χ0v) is 12.0. The second-order valence-electron chi connectivity index (χ2n) is 5.55. The summed E-state index contributed by atoms with van der Waals surface area (Å²) in [4.78, 5) is 28.4. The highest BCUT2D eigenvalue weighted by atomic mass is 16.2. The molecule has 6 heteroatoms. The van der Waals surface area contributed by atoms with E-state index in [-0.39, 0.29) is 23.9 Å². The number of aromatic nitrogens is 1. The molecular weight excluding hydrogens is 256 g/mol. The van der Waals surface area contributed by atoms with Gasteiger partial charge in [-0.25, -0.2) is 0 Å². The molecule has 0 aliphatic carbocycles. The highest BCUT2D eigenvalue weighted by Crippen LogP contribution is 2.20. The van der Waals surface area contributed by atoms with E-state index >= 15 is 0 Å². The Kier molecular flexibility index (Phi) is 4.57. The molecule has 6 nitrogen and oxygen atoms in total. The first-order valence-corrected chi connectivity index (χ1v) is 6.91. The Hall–Kier alpha value is -1.66. The molecule has 0 spiro atoms. The van der Waals surface area contributed by atoms with Crippen LogP contribution in [0.15, 0.2) is 18.3 Å². The smallest absolute Gasteiger partial charge is 0.274 e. The number of likely N-dealkylation sites (tertiary alicyclic amines) is 1. The van der Waals surface area contributed by atoms with Crippen molar-refractivity contribution in [1.29, 1.82) is 0 Å². The van der Waals surface area contributed by atoms with E-state index in [1.807, 2.05) is 7.05 Å². The van der Waals surface area contributed by atoms with E-state index in [4.69, 9.17) is 0 Å². The molecule has 2 amide bonds. The van der Waals surface area contributed by atoms with Crippen molar-refractivity contribution in [2.24, 2.45) is 0 Å². The van der Waals surface area contributed by atoms with Crippen molar-refractivity contribution < 1.29 is 9.59 Å². The first kappa shape index (κ1) is 14.7. The Labute approximate surface area is 118 Å². The van der Waals surface area contributed by atoms with Crippen molar-refractivity contribution in [3.05, 3.63) is 24.0 Å². The van der Waals surface area contributed by atoms with Crippen LogP contribution in [0.2, 0.25) is 0 Å². The highest BCUT2D eigenvalue weighted by molar-refractivity contribution is 6.04. The van der Waals surface area contributed by atoms with Gasteiger partial charge in [-0.3, -0.25) is 19.8 Å². The maximum atomic E-state index is 11.8. The number of hydrogen-bond acceptors (Lipinski definition) is 4. The average Bonchev–Trinajstić information content (AvgIpc) is 2.96. The topological polar surface area (TPSA) is 77.2 Å². The van der Waals surface area contributed by atoms with Crippen LogP contribution in [0.4, 0.5) is 0 Å². The number of imide groups is 1. The van der Waals surface area contributed by atoms with Crippen molar-refractivity contribution in [2.75, 3.05) is 26.7 Å². The Balaban J connectivity index is 1.77. The summed E-state index contributed by atoms with van der Waals surface area (Å²) in [7, 11) is 1.97. The molecule has 1 aliphatic rings. The molecule has 3 N–H and O–H groups in total. The van der Waals surface area contributed by atoms with E-state index in [0.29, 0.717) is 5.69 Å². The molecule has 20 heavy (non-hydrogen) atoms. The monoisotopic (exact) mass is 278 g/mol. The Morgan fingerprint density at radius 3 is 2.65 bits per heavy atom. The molecule has 2 heterocycles. The van der Waals surface area contributed by atoms with Gasteiger partial charge in [0, 0.05) is 24.8 Å². The van der Waals surface area contributed by atoms with Gasteiger partial charge in [-0.2, -0.15) is 0 Å². The summed E-state index contributed by atoms with van der Waals surface area (Å²) >= 11 is 0. The molecule has 1 aromatic heterocycles. The lowest BCUT2D eigenvalue weighted by Crippen LogP contribution is -2.52. The van der Waals surface area contributed by atoms with Crippen molar-refractivity contribution in [1.82, 2.24) is 20.5 Å². The second-order valence-corrected chi connectivity index (χ2v) is 5.55. The molecule has 0 bridgehead atoms. The molecule has 1 fully saturated rings. The standard InChI is InChI=1S/C14H22N4O2/c1-14(15-2)5-8-18(9-6-14)10-12(19)17-13(20)11-4-3-7-16-11/h3-4,7,15-16H,5-6,8-10H2,1-2H3,(H,17,19,20). The molecule has 0 aromatic carbocycles. The lowest BCUT2D eigenvalue weighted by Gasteiger charge is -2.38. The summed E-state index contributed by atoms with van der Waals surface area (Å²) in [5.74, 6) is -0.630. The number of hydrogen-bond donors (Lipinski definition) is 3. The van der Waals surface area contributed by atoms with Gasteiger partial charge in [-0.05, 0) is 38.9 Å². The van der Waals surface area contributed by atoms with Gasteiger partial charge in [-0.1, -0.05) is 0 Å². The zero-order valence-electron chi connectivity index (χ0n) is 12.0. The molecule has 0 radical (unpaired) electrons. The van der Waals surface area contributed by atoms with Gasteiger partial charge in [-0.15, -0.1) is 0 Å². The third kappa shape index (κ3) is 3.68. The molecule has 0 atom stereocenters. The lowest BCUT2D eigenvalue weighted by atomic mass is 9.90. The number of H-pyrrole nitrogens is 1. The summed E-state index contributed by atoms with van der Waals surface area (Å²) in [6, 6.07) is 3.37. The summed E-state index contributed by atoms with van der Waals surface area (Å²) in [6.07, 6.45) is 3.66. The molecule has 2 rings (SSSR count). The first-order valence-electron chi connectivity index (χ1n) is 6.91.